The molecule has 0 aromatic heterocycles. The van der Waals surface area contributed by atoms with Crippen LogP contribution in [0.5, 0.6) is 0 Å². The maximum absolute atomic E-state index is 14.2. The van der Waals surface area contributed by atoms with Crippen molar-refractivity contribution >= 4 is 11.6 Å². The van der Waals surface area contributed by atoms with Gasteiger partial charge in [-0.15, -0.1) is 0 Å². The number of amides is 1. The van der Waals surface area contributed by atoms with E-state index in [2.05, 4.69) is 4.99 Å². The highest BCUT2D eigenvalue weighted by molar-refractivity contribution is 6.14. The van der Waals surface area contributed by atoms with Gasteiger partial charge in [-0.25, -0.2) is 9.87 Å². The monoisotopic (exact) mass is 366 g/mol. The minimum Gasteiger partial charge on any atom is -0.289 e. The predicted molar refractivity (Wildman–Crippen MR) is 104 cm³/mol. The molecule has 2 N–H and O–H groups in total. The predicted octanol–water partition coefficient (Wildman–Crippen LogP) is 4.11. The van der Waals surface area contributed by atoms with Crippen LogP contribution in [0.3, 0.4) is 0 Å². The molecule has 0 radical (unpaired) electrons. The summed E-state index contributed by atoms with van der Waals surface area (Å²) in [5, 5.41) is 9.43. The standard InChI is InChI=1S/C22H23FN2O2/c1-14-12-22(21(26)25-27,18-10-7-11-19(23)15(18)2)13-17(14)20(24-3)16-8-5-4-6-9-16/h4-11,27H,12-13H2,1-3H3,(H,25,26)/t22-/m1/s1. The SMILES string of the molecule is CN=C(C1=C(C)C[C@](C(=O)NO)(c2cccc(F)c2C)C1)c1ccccc1. The second-order valence-electron chi connectivity index (χ2n) is 6.99. The number of hydrogen-bond donors (Lipinski definition) is 2. The Morgan fingerprint density at radius 3 is 2.44 bits per heavy atom. The molecule has 1 atom stereocenters. The number of carbonyl (C=O) groups excluding carboxylic acids is 1. The highest BCUT2D eigenvalue weighted by Crippen LogP contribution is 2.47. The fraction of sp³-hybridized carbons (Fsp3) is 0.273. The number of allylic oxidation sites excluding steroid dienone is 2. The van der Waals surface area contributed by atoms with Crippen LogP contribution in [-0.2, 0) is 10.2 Å². The molecule has 0 bridgehead atoms. The number of aliphatic imine (C=N–C) groups is 1. The van der Waals surface area contributed by atoms with Crippen LogP contribution in [0.1, 0.15) is 36.5 Å². The Hall–Kier alpha value is -2.79. The number of halogens is 1. The lowest BCUT2D eigenvalue weighted by atomic mass is 9.74. The lowest BCUT2D eigenvalue weighted by Crippen LogP contribution is -2.42. The van der Waals surface area contributed by atoms with Gasteiger partial charge in [-0.3, -0.25) is 15.0 Å². The first-order valence-electron chi connectivity index (χ1n) is 8.86. The molecule has 1 amide bonds. The third kappa shape index (κ3) is 3.19. The van der Waals surface area contributed by atoms with Gasteiger partial charge in [0.05, 0.1) is 11.1 Å². The highest BCUT2D eigenvalue weighted by Gasteiger charge is 2.47. The number of benzene rings is 2. The molecule has 0 saturated carbocycles. The number of hydrogen-bond acceptors (Lipinski definition) is 3. The Labute approximate surface area is 158 Å². The lowest BCUT2D eigenvalue weighted by molar-refractivity contribution is -0.135. The largest absolute Gasteiger partial charge is 0.289 e. The van der Waals surface area contributed by atoms with E-state index in [-0.39, 0.29) is 5.82 Å². The minimum atomic E-state index is -1.06. The zero-order valence-corrected chi connectivity index (χ0v) is 15.7. The Morgan fingerprint density at radius 1 is 1.11 bits per heavy atom. The maximum Gasteiger partial charge on any atom is 0.254 e. The Kier molecular flexibility index (Phi) is 5.24. The Balaban J connectivity index is 2.11. The van der Waals surface area contributed by atoms with Crippen molar-refractivity contribution in [2.24, 2.45) is 4.99 Å². The summed E-state index contributed by atoms with van der Waals surface area (Å²) < 4.78 is 14.2. The van der Waals surface area contributed by atoms with Gasteiger partial charge in [0.1, 0.15) is 5.82 Å². The first-order chi connectivity index (χ1) is 12.9. The molecular formula is C22H23FN2O2. The molecule has 2 aromatic carbocycles. The normalized spacial score (nSPS) is 20.1. The summed E-state index contributed by atoms with van der Waals surface area (Å²) in [6.07, 6.45) is 0.738. The molecule has 0 spiro atoms. The summed E-state index contributed by atoms with van der Waals surface area (Å²) in [5.41, 5.74) is 5.49. The molecular weight excluding hydrogens is 343 g/mol. The van der Waals surface area contributed by atoms with E-state index in [9.17, 15) is 14.4 Å². The van der Waals surface area contributed by atoms with Crippen LogP contribution in [0.25, 0.3) is 0 Å². The molecule has 0 saturated heterocycles. The summed E-state index contributed by atoms with van der Waals surface area (Å²) >= 11 is 0. The van der Waals surface area contributed by atoms with Gasteiger partial charge in [-0.2, -0.15) is 0 Å². The second kappa shape index (κ2) is 7.45. The van der Waals surface area contributed by atoms with Gasteiger partial charge in [-0.1, -0.05) is 48.0 Å². The third-order valence-electron chi connectivity index (χ3n) is 5.44. The van der Waals surface area contributed by atoms with E-state index >= 15 is 0 Å². The van der Waals surface area contributed by atoms with Crippen LogP contribution in [0.15, 0.2) is 64.7 Å². The molecule has 3 rings (SSSR count). The number of carbonyl (C=O) groups is 1. The number of rotatable bonds is 4. The summed E-state index contributed by atoms with van der Waals surface area (Å²) in [5.74, 6) is -0.898. The van der Waals surface area contributed by atoms with Gasteiger partial charge in [0.25, 0.3) is 5.91 Å². The zero-order valence-electron chi connectivity index (χ0n) is 15.7. The smallest absolute Gasteiger partial charge is 0.254 e. The van der Waals surface area contributed by atoms with E-state index in [0.717, 1.165) is 22.4 Å². The van der Waals surface area contributed by atoms with Crippen LogP contribution in [-0.4, -0.2) is 23.9 Å². The third-order valence-corrected chi connectivity index (χ3v) is 5.44. The van der Waals surface area contributed by atoms with Gasteiger partial charge >= 0.3 is 0 Å². The molecule has 0 fully saturated rings. The van der Waals surface area contributed by atoms with Crippen LogP contribution in [0.4, 0.5) is 4.39 Å². The fourth-order valence-electron chi connectivity index (χ4n) is 4.10. The van der Waals surface area contributed by atoms with Gasteiger partial charge in [0, 0.05) is 7.05 Å². The van der Waals surface area contributed by atoms with Gasteiger partial charge in [0.2, 0.25) is 0 Å². The number of hydroxylamine groups is 1. The quantitative estimate of drug-likeness (QED) is 0.486. The summed E-state index contributed by atoms with van der Waals surface area (Å²) in [6.45, 7) is 3.63. The maximum atomic E-state index is 14.2. The zero-order chi connectivity index (χ0) is 19.6. The molecule has 0 aliphatic heterocycles. The van der Waals surface area contributed by atoms with Crippen molar-refractivity contribution in [3.05, 3.63) is 82.2 Å². The van der Waals surface area contributed by atoms with Crippen molar-refractivity contribution in [3.63, 3.8) is 0 Å². The molecule has 1 aliphatic carbocycles. The van der Waals surface area contributed by atoms with Crippen molar-refractivity contribution in [1.82, 2.24) is 5.48 Å². The van der Waals surface area contributed by atoms with Crippen molar-refractivity contribution < 1.29 is 14.4 Å². The summed E-state index contributed by atoms with van der Waals surface area (Å²) in [6, 6.07) is 14.5. The Bertz CT molecular complexity index is 935. The van der Waals surface area contributed by atoms with E-state index in [1.165, 1.54) is 6.07 Å². The van der Waals surface area contributed by atoms with Crippen LogP contribution < -0.4 is 5.48 Å². The first kappa shape index (κ1) is 19.0. The molecule has 0 unspecified atom stereocenters. The van der Waals surface area contributed by atoms with Gasteiger partial charge < -0.3 is 0 Å². The fourth-order valence-corrected chi connectivity index (χ4v) is 4.10. The number of nitrogens with one attached hydrogen (secondary N) is 1. The van der Waals surface area contributed by atoms with Crippen molar-refractivity contribution in [2.45, 2.75) is 32.1 Å². The minimum absolute atomic E-state index is 0.344. The van der Waals surface area contributed by atoms with Gasteiger partial charge in [0.15, 0.2) is 0 Å². The second-order valence-corrected chi connectivity index (χ2v) is 6.99. The van der Waals surface area contributed by atoms with E-state index < -0.39 is 11.3 Å². The summed E-state index contributed by atoms with van der Waals surface area (Å²) in [7, 11) is 1.72. The molecule has 2 aromatic rings. The molecule has 0 heterocycles. The van der Waals surface area contributed by atoms with Crippen molar-refractivity contribution in [2.75, 3.05) is 7.05 Å². The average Bonchev–Trinajstić information content (AvgIpc) is 3.03. The Morgan fingerprint density at radius 2 is 1.81 bits per heavy atom. The van der Waals surface area contributed by atoms with Gasteiger partial charge in [-0.05, 0) is 55.0 Å². The van der Waals surface area contributed by atoms with Crippen LogP contribution >= 0.6 is 0 Å². The van der Waals surface area contributed by atoms with E-state index in [4.69, 9.17) is 0 Å². The van der Waals surface area contributed by atoms with E-state index in [1.54, 1.807) is 31.6 Å². The first-order valence-corrected chi connectivity index (χ1v) is 8.86. The molecule has 27 heavy (non-hydrogen) atoms. The molecule has 1 aliphatic rings. The van der Waals surface area contributed by atoms with Crippen molar-refractivity contribution in [1.29, 1.82) is 0 Å². The average molecular weight is 366 g/mol. The van der Waals surface area contributed by atoms with E-state index in [1.807, 2.05) is 37.3 Å². The molecule has 4 nitrogen and oxygen atoms in total. The lowest BCUT2D eigenvalue weighted by Gasteiger charge is -2.29. The molecule has 5 heteroatoms. The van der Waals surface area contributed by atoms with Crippen LogP contribution in [0, 0.1) is 12.7 Å². The van der Waals surface area contributed by atoms with Crippen LogP contribution in [0.2, 0.25) is 0 Å². The van der Waals surface area contributed by atoms with E-state index in [0.29, 0.717) is 24.0 Å². The number of nitrogens with zero attached hydrogens (tertiary/aromatic N) is 1. The summed E-state index contributed by atoms with van der Waals surface area (Å²) in [4.78, 5) is 17.3. The molecule has 140 valence electrons. The highest BCUT2D eigenvalue weighted by atomic mass is 19.1. The van der Waals surface area contributed by atoms with Crippen molar-refractivity contribution in [3.8, 4) is 0 Å². The topological polar surface area (TPSA) is 61.7 Å².